The van der Waals surface area contributed by atoms with Crippen LogP contribution in [0, 0.1) is 5.82 Å². The summed E-state index contributed by atoms with van der Waals surface area (Å²) in [6.07, 6.45) is 4.88. The van der Waals surface area contributed by atoms with Crippen LogP contribution in [-0.4, -0.2) is 9.97 Å². The third-order valence-corrected chi connectivity index (χ3v) is 1.21. The van der Waals surface area contributed by atoms with Gasteiger partial charge in [0, 0.05) is 12.4 Å². The summed E-state index contributed by atoms with van der Waals surface area (Å²) in [4.78, 5) is 7.35. The molecule has 0 aliphatic rings. The number of aromatic nitrogens is 2. The molecule has 0 fully saturated rings. The smallest absolute Gasteiger partial charge is 0.123 e. The molecule has 13 heavy (non-hydrogen) atoms. The van der Waals surface area contributed by atoms with Crippen LogP contribution < -0.4 is 0 Å². The van der Waals surface area contributed by atoms with Crippen molar-refractivity contribution in [2.45, 2.75) is 0 Å². The van der Waals surface area contributed by atoms with E-state index < -0.39 is 0 Å². The first-order valence-electron chi connectivity index (χ1n) is 3.80. The minimum absolute atomic E-state index is 0.178. The van der Waals surface area contributed by atoms with Gasteiger partial charge in [-0.3, -0.25) is 0 Å². The van der Waals surface area contributed by atoms with Crippen LogP contribution in [-0.2, 0) is 0 Å². The Labute approximate surface area is 76.1 Å². The van der Waals surface area contributed by atoms with Crippen molar-refractivity contribution in [2.75, 3.05) is 0 Å². The first-order chi connectivity index (χ1) is 6.39. The third-order valence-electron chi connectivity index (χ3n) is 1.21. The molecule has 2 nitrogen and oxygen atoms in total. The summed E-state index contributed by atoms with van der Waals surface area (Å²) in [7, 11) is 0. The Balaban J connectivity index is 0.000000132. The molecule has 0 unspecified atom stereocenters. The fourth-order valence-electron chi connectivity index (χ4n) is 0.668. The predicted octanol–water partition coefficient (Wildman–Crippen LogP) is 2.30. The molecule has 3 heteroatoms. The summed E-state index contributed by atoms with van der Waals surface area (Å²) in [6.45, 7) is 0. The molecule has 0 saturated heterocycles. The maximum atomic E-state index is 11.9. The molecule has 0 bridgehead atoms. The van der Waals surface area contributed by atoms with Gasteiger partial charge >= 0.3 is 0 Å². The maximum Gasteiger partial charge on any atom is 0.123 e. The summed E-state index contributed by atoms with van der Waals surface area (Å²) >= 11 is 0. The Morgan fingerprint density at radius 3 is 1.69 bits per heavy atom. The Morgan fingerprint density at radius 1 is 0.846 bits per heavy atom. The van der Waals surface area contributed by atoms with Crippen molar-refractivity contribution in [2.24, 2.45) is 0 Å². The van der Waals surface area contributed by atoms with Crippen LogP contribution in [0.1, 0.15) is 0 Å². The van der Waals surface area contributed by atoms with Crippen LogP contribution >= 0.6 is 0 Å². The van der Waals surface area contributed by atoms with Crippen molar-refractivity contribution in [3.63, 3.8) is 0 Å². The first-order valence-corrected chi connectivity index (χ1v) is 3.80. The van der Waals surface area contributed by atoms with Crippen LogP contribution in [0.4, 0.5) is 4.39 Å². The molecule has 2 rings (SSSR count). The van der Waals surface area contributed by atoms with E-state index in [-0.39, 0.29) is 5.82 Å². The summed E-state index contributed by atoms with van der Waals surface area (Å²) < 4.78 is 11.9. The lowest BCUT2D eigenvalue weighted by molar-refractivity contribution is 0.628. The van der Waals surface area contributed by atoms with Gasteiger partial charge in [-0.05, 0) is 18.2 Å². The van der Waals surface area contributed by atoms with Crippen LogP contribution in [0.3, 0.4) is 0 Å². The number of hydrogen-bond donors (Lipinski definition) is 0. The molecule has 0 aliphatic heterocycles. The number of halogens is 1. The molecule has 1 aromatic heterocycles. The van der Waals surface area contributed by atoms with Gasteiger partial charge < -0.3 is 0 Å². The largest absolute Gasteiger partial charge is 0.245 e. The van der Waals surface area contributed by atoms with Gasteiger partial charge in [-0.1, -0.05) is 18.2 Å². The zero-order valence-electron chi connectivity index (χ0n) is 6.97. The second-order valence-corrected chi connectivity index (χ2v) is 2.20. The second kappa shape index (κ2) is 5.83. The monoisotopic (exact) mass is 176 g/mol. The first kappa shape index (κ1) is 9.32. The predicted molar refractivity (Wildman–Crippen MR) is 48.4 cm³/mol. The number of hydrogen-bond acceptors (Lipinski definition) is 2. The highest BCUT2D eigenvalue weighted by molar-refractivity contribution is 5.02. The molecule has 0 saturated carbocycles. The SMILES string of the molecule is Fc1ccccc1.c1cncnc1. The number of nitrogens with zero attached hydrogens (tertiary/aromatic N) is 2. The number of benzene rings is 1. The van der Waals surface area contributed by atoms with Crippen molar-refractivity contribution in [1.29, 1.82) is 0 Å². The topological polar surface area (TPSA) is 25.8 Å². The summed E-state index contributed by atoms with van der Waals surface area (Å²) in [5, 5.41) is 0. The van der Waals surface area contributed by atoms with Gasteiger partial charge in [0.15, 0.2) is 0 Å². The quantitative estimate of drug-likeness (QED) is 0.615. The molecule has 1 aromatic carbocycles. The van der Waals surface area contributed by atoms with E-state index in [4.69, 9.17) is 0 Å². The van der Waals surface area contributed by atoms with Crippen LogP contribution in [0.15, 0.2) is 55.1 Å². The van der Waals surface area contributed by atoms with Crippen molar-refractivity contribution in [3.05, 3.63) is 60.9 Å². The second-order valence-electron chi connectivity index (χ2n) is 2.20. The van der Waals surface area contributed by atoms with E-state index in [1.807, 2.05) is 0 Å². The fourth-order valence-corrected chi connectivity index (χ4v) is 0.668. The minimum Gasteiger partial charge on any atom is -0.245 e. The van der Waals surface area contributed by atoms with Crippen molar-refractivity contribution < 1.29 is 4.39 Å². The highest BCUT2D eigenvalue weighted by Gasteiger charge is 1.77. The standard InChI is InChI=1S/C6H5F.C4H4N2/c7-6-4-2-1-3-5-6;1-2-5-4-6-3-1/h1-5H;1-4H. The maximum absolute atomic E-state index is 11.9. The van der Waals surface area contributed by atoms with Gasteiger partial charge in [0.25, 0.3) is 0 Å². The van der Waals surface area contributed by atoms with Gasteiger partial charge in [0.05, 0.1) is 0 Å². The summed E-state index contributed by atoms with van der Waals surface area (Å²) in [5.74, 6) is -0.178. The molecular formula is C10H9FN2. The highest BCUT2D eigenvalue weighted by Crippen LogP contribution is 1.91. The lowest BCUT2D eigenvalue weighted by Gasteiger charge is -1.78. The van der Waals surface area contributed by atoms with Gasteiger partial charge in [-0.15, -0.1) is 0 Å². The van der Waals surface area contributed by atoms with Crippen LogP contribution in [0.2, 0.25) is 0 Å². The average molecular weight is 176 g/mol. The molecule has 1 heterocycles. The summed E-state index contributed by atoms with van der Waals surface area (Å²) in [6, 6.07) is 9.72. The van der Waals surface area contributed by atoms with E-state index in [0.29, 0.717) is 0 Å². The lowest BCUT2D eigenvalue weighted by Crippen LogP contribution is -1.66. The van der Waals surface area contributed by atoms with Crippen molar-refractivity contribution >= 4 is 0 Å². The Bertz CT molecular complexity index is 283. The Kier molecular flexibility index (Phi) is 4.18. The zero-order valence-corrected chi connectivity index (χ0v) is 6.97. The minimum atomic E-state index is -0.178. The number of rotatable bonds is 0. The average Bonchev–Trinajstić information content (AvgIpc) is 2.22. The van der Waals surface area contributed by atoms with Gasteiger partial charge in [0.2, 0.25) is 0 Å². The zero-order chi connectivity index (χ0) is 9.36. The van der Waals surface area contributed by atoms with E-state index in [0.717, 1.165) is 0 Å². The van der Waals surface area contributed by atoms with E-state index in [2.05, 4.69) is 9.97 Å². The highest BCUT2D eigenvalue weighted by atomic mass is 19.1. The van der Waals surface area contributed by atoms with Gasteiger partial charge in [0.1, 0.15) is 12.1 Å². The van der Waals surface area contributed by atoms with Crippen LogP contribution in [0.5, 0.6) is 0 Å². The van der Waals surface area contributed by atoms with Gasteiger partial charge in [-0.25, -0.2) is 14.4 Å². The fraction of sp³-hybridized carbons (Fsp3) is 0. The van der Waals surface area contributed by atoms with E-state index in [1.165, 1.54) is 18.5 Å². The van der Waals surface area contributed by atoms with Crippen LogP contribution in [0.25, 0.3) is 0 Å². The Hall–Kier alpha value is -1.77. The molecule has 2 aromatic rings. The summed E-state index contributed by atoms with van der Waals surface area (Å²) in [5.41, 5.74) is 0. The molecule has 66 valence electrons. The van der Waals surface area contributed by atoms with E-state index in [1.54, 1.807) is 36.7 Å². The lowest BCUT2D eigenvalue weighted by atomic mass is 10.4. The van der Waals surface area contributed by atoms with E-state index in [9.17, 15) is 4.39 Å². The molecule has 0 aliphatic carbocycles. The molecular weight excluding hydrogens is 167 g/mol. The third kappa shape index (κ3) is 4.63. The van der Waals surface area contributed by atoms with E-state index >= 15 is 0 Å². The van der Waals surface area contributed by atoms with Crippen molar-refractivity contribution in [3.8, 4) is 0 Å². The Morgan fingerprint density at radius 2 is 1.46 bits per heavy atom. The van der Waals surface area contributed by atoms with Crippen molar-refractivity contribution in [1.82, 2.24) is 9.97 Å². The molecule has 0 spiro atoms. The normalized spacial score (nSPS) is 8.38. The molecule has 0 N–H and O–H groups in total. The molecule has 0 radical (unpaired) electrons. The van der Waals surface area contributed by atoms with Gasteiger partial charge in [-0.2, -0.15) is 0 Å². The molecule has 0 amide bonds. The molecule has 0 atom stereocenters.